The lowest BCUT2D eigenvalue weighted by Crippen LogP contribution is -2.41. The van der Waals surface area contributed by atoms with Crippen molar-refractivity contribution >= 4 is 30.1 Å². The molecule has 9 nitrogen and oxygen atoms in total. The molecule has 1 aliphatic heterocycles. The summed E-state index contributed by atoms with van der Waals surface area (Å²) in [5, 5.41) is 8.73. The minimum atomic E-state index is -0.699. The van der Waals surface area contributed by atoms with Gasteiger partial charge < -0.3 is 24.7 Å². The highest BCUT2D eigenvalue weighted by Gasteiger charge is 2.51. The van der Waals surface area contributed by atoms with E-state index in [1.165, 1.54) is 13.2 Å². The second-order valence-electron chi connectivity index (χ2n) is 8.61. The Balaban J connectivity index is 1.98. The summed E-state index contributed by atoms with van der Waals surface area (Å²) in [4.78, 5) is 35.4. The van der Waals surface area contributed by atoms with E-state index in [0.717, 1.165) is 6.42 Å². The van der Waals surface area contributed by atoms with Crippen LogP contribution in [0, 0.1) is 4.91 Å². The zero-order chi connectivity index (χ0) is 23.2. The van der Waals surface area contributed by atoms with Crippen LogP contribution in [0.25, 0.3) is 0 Å². The maximum atomic E-state index is 12.6. The Labute approximate surface area is 183 Å². The van der Waals surface area contributed by atoms with Crippen LogP contribution in [-0.4, -0.2) is 56.9 Å². The molecule has 1 aromatic carbocycles. The normalized spacial score (nSPS) is 17.8. The quantitative estimate of drug-likeness (QED) is 0.251. The fourth-order valence-electron chi connectivity index (χ4n) is 3.23. The Morgan fingerprint density at radius 2 is 1.77 bits per heavy atom. The van der Waals surface area contributed by atoms with Crippen molar-refractivity contribution in [2.75, 3.05) is 20.7 Å². The molecule has 0 saturated carbocycles. The molecule has 0 bridgehead atoms. The highest BCUT2D eigenvalue weighted by atomic mass is 16.7. The van der Waals surface area contributed by atoms with E-state index in [-0.39, 0.29) is 23.6 Å². The van der Waals surface area contributed by atoms with E-state index < -0.39 is 18.3 Å². The molecular formula is C21H32BN3O6. The monoisotopic (exact) mass is 433 g/mol. The molecule has 31 heavy (non-hydrogen) atoms. The first kappa shape index (κ1) is 25.0. The lowest BCUT2D eigenvalue weighted by atomic mass is 9.78. The predicted molar refractivity (Wildman–Crippen MR) is 119 cm³/mol. The number of nitroso groups, excluding NO2 is 1. The number of hydrogen-bond acceptors (Lipinski definition) is 8. The highest BCUT2D eigenvalue weighted by Crippen LogP contribution is 2.36. The van der Waals surface area contributed by atoms with Crippen molar-refractivity contribution in [2.24, 2.45) is 5.18 Å². The molecule has 1 aromatic rings. The van der Waals surface area contributed by atoms with Crippen molar-refractivity contribution in [3.05, 3.63) is 28.7 Å². The summed E-state index contributed by atoms with van der Waals surface area (Å²) in [6, 6.07) is 4.29. The Morgan fingerprint density at radius 1 is 1.13 bits per heavy atom. The van der Waals surface area contributed by atoms with E-state index in [2.05, 4.69) is 15.8 Å². The Morgan fingerprint density at radius 3 is 2.32 bits per heavy atom. The van der Waals surface area contributed by atoms with Gasteiger partial charge in [-0.05, 0) is 82.8 Å². The minimum Gasteiger partial charge on any atom is -0.468 e. The largest absolute Gasteiger partial charge is 0.494 e. The molecule has 0 aliphatic carbocycles. The molecule has 2 rings (SSSR count). The van der Waals surface area contributed by atoms with Gasteiger partial charge in [0.05, 0.1) is 18.3 Å². The van der Waals surface area contributed by atoms with Crippen LogP contribution in [-0.2, 0) is 18.8 Å². The van der Waals surface area contributed by atoms with Crippen LogP contribution in [0.1, 0.15) is 57.3 Å². The standard InChI is InChI=1S/C21H32BN3O6/c1-20(2)21(3,4)31-22(30-20)15-11-14(12-16(13-15)25-28)18(26)24-10-8-7-9-17(23-5)19(27)29-6/h11-13,17,23H,7-10H2,1-6H3,(H,24,26). The van der Waals surface area contributed by atoms with Crippen molar-refractivity contribution in [3.63, 3.8) is 0 Å². The summed E-state index contributed by atoms with van der Waals surface area (Å²) >= 11 is 0. The topological polar surface area (TPSA) is 115 Å². The van der Waals surface area contributed by atoms with E-state index in [4.69, 9.17) is 14.0 Å². The van der Waals surface area contributed by atoms with E-state index in [0.29, 0.717) is 30.4 Å². The van der Waals surface area contributed by atoms with Crippen molar-refractivity contribution in [1.29, 1.82) is 0 Å². The summed E-state index contributed by atoms with van der Waals surface area (Å²) in [5.74, 6) is -0.624. The molecule has 0 spiro atoms. The molecule has 0 aromatic heterocycles. The zero-order valence-corrected chi connectivity index (χ0v) is 19.1. The number of hydrogen-bond donors (Lipinski definition) is 2. The fourth-order valence-corrected chi connectivity index (χ4v) is 3.23. The number of esters is 1. The van der Waals surface area contributed by atoms with Crippen LogP contribution < -0.4 is 16.1 Å². The maximum absolute atomic E-state index is 12.6. The number of nitrogens with one attached hydrogen (secondary N) is 2. The summed E-state index contributed by atoms with van der Waals surface area (Å²) in [5.41, 5.74) is -0.0761. The lowest BCUT2D eigenvalue weighted by Gasteiger charge is -2.32. The number of amides is 1. The molecule has 1 saturated heterocycles. The summed E-state index contributed by atoms with van der Waals surface area (Å²) < 4.78 is 16.8. The lowest BCUT2D eigenvalue weighted by molar-refractivity contribution is -0.143. The molecule has 0 radical (unpaired) electrons. The van der Waals surface area contributed by atoms with Crippen LogP contribution in [0.2, 0.25) is 0 Å². The van der Waals surface area contributed by atoms with Gasteiger partial charge in [0, 0.05) is 12.1 Å². The third kappa shape index (κ3) is 6.12. The van der Waals surface area contributed by atoms with E-state index in [9.17, 15) is 14.5 Å². The second-order valence-corrected chi connectivity index (χ2v) is 8.61. The number of likely N-dealkylation sites (N-methyl/N-ethyl adjacent to an activating group) is 1. The van der Waals surface area contributed by atoms with Gasteiger partial charge in [-0.15, -0.1) is 4.91 Å². The first-order valence-electron chi connectivity index (χ1n) is 10.4. The van der Waals surface area contributed by atoms with Crippen molar-refractivity contribution in [1.82, 2.24) is 10.6 Å². The van der Waals surface area contributed by atoms with Gasteiger partial charge in [-0.25, -0.2) is 0 Å². The SMILES string of the molecule is CNC(CCCCNC(=O)c1cc(N=O)cc(B2OC(C)(C)C(C)(C)O2)c1)C(=O)OC. The van der Waals surface area contributed by atoms with Gasteiger partial charge in [0.15, 0.2) is 0 Å². The van der Waals surface area contributed by atoms with E-state index in [1.807, 2.05) is 27.7 Å². The summed E-state index contributed by atoms with van der Waals surface area (Å²) in [6.07, 6.45) is 2.03. The molecule has 1 atom stereocenters. The third-order valence-electron chi connectivity index (χ3n) is 5.87. The average molecular weight is 433 g/mol. The molecule has 1 amide bonds. The molecule has 1 aliphatic rings. The predicted octanol–water partition coefficient (Wildman–Crippen LogP) is 2.04. The third-order valence-corrected chi connectivity index (χ3v) is 5.87. The van der Waals surface area contributed by atoms with Crippen LogP contribution in [0.4, 0.5) is 5.69 Å². The van der Waals surface area contributed by atoms with Gasteiger partial charge in [-0.2, -0.15) is 0 Å². The van der Waals surface area contributed by atoms with Crippen molar-refractivity contribution < 1.29 is 23.6 Å². The number of unbranched alkanes of at least 4 members (excludes halogenated alkanes) is 1. The van der Waals surface area contributed by atoms with Gasteiger partial charge in [0.1, 0.15) is 11.7 Å². The number of nitrogens with zero attached hydrogens (tertiary/aromatic N) is 1. The smallest absolute Gasteiger partial charge is 0.468 e. The summed E-state index contributed by atoms with van der Waals surface area (Å²) in [7, 11) is 2.36. The maximum Gasteiger partial charge on any atom is 0.494 e. The second kappa shape index (κ2) is 10.3. The Bertz CT molecular complexity index is 798. The minimum absolute atomic E-state index is 0.132. The molecule has 2 N–H and O–H groups in total. The molecule has 1 fully saturated rings. The van der Waals surface area contributed by atoms with Crippen LogP contribution >= 0.6 is 0 Å². The Hall–Kier alpha value is -2.30. The van der Waals surface area contributed by atoms with Crippen LogP contribution in [0.15, 0.2) is 23.4 Å². The van der Waals surface area contributed by atoms with Crippen LogP contribution in [0.3, 0.4) is 0 Å². The molecule has 1 heterocycles. The number of methoxy groups -OCH3 is 1. The average Bonchev–Trinajstić information content (AvgIpc) is 2.96. The van der Waals surface area contributed by atoms with E-state index in [1.54, 1.807) is 19.2 Å². The zero-order valence-electron chi connectivity index (χ0n) is 19.1. The van der Waals surface area contributed by atoms with Gasteiger partial charge in [0.25, 0.3) is 5.91 Å². The number of benzene rings is 1. The molecule has 10 heteroatoms. The van der Waals surface area contributed by atoms with Gasteiger partial charge in [-0.3, -0.25) is 9.59 Å². The first-order valence-corrected chi connectivity index (χ1v) is 10.4. The highest BCUT2D eigenvalue weighted by molar-refractivity contribution is 6.62. The van der Waals surface area contributed by atoms with Crippen molar-refractivity contribution in [2.45, 2.75) is 64.2 Å². The van der Waals surface area contributed by atoms with Gasteiger partial charge in [0.2, 0.25) is 0 Å². The number of ether oxygens (including phenoxy) is 1. The number of carbonyl (C=O) groups is 2. The molecule has 170 valence electrons. The van der Waals surface area contributed by atoms with E-state index >= 15 is 0 Å². The summed E-state index contributed by atoms with van der Waals surface area (Å²) in [6.45, 7) is 8.16. The van der Waals surface area contributed by atoms with Crippen molar-refractivity contribution in [3.8, 4) is 0 Å². The molecule has 1 unspecified atom stereocenters. The van der Waals surface area contributed by atoms with Crippen LogP contribution in [0.5, 0.6) is 0 Å². The molecular weight excluding hydrogens is 401 g/mol. The fraction of sp³-hybridized carbons (Fsp3) is 0.619. The van der Waals surface area contributed by atoms with Gasteiger partial charge >= 0.3 is 13.1 Å². The Kier molecular flexibility index (Phi) is 8.33. The first-order chi connectivity index (χ1) is 14.5. The van der Waals surface area contributed by atoms with Gasteiger partial charge in [-0.1, -0.05) is 0 Å². The number of carbonyl (C=O) groups excluding carboxylic acids is 2. The number of rotatable bonds is 10.